The number of aryl methyl sites for hydroxylation is 1. The van der Waals surface area contributed by atoms with Gasteiger partial charge in [-0.1, -0.05) is 6.07 Å². The van der Waals surface area contributed by atoms with Crippen LogP contribution in [0.1, 0.15) is 10.1 Å². The van der Waals surface area contributed by atoms with Crippen LogP contribution in [0.2, 0.25) is 0 Å². The molecule has 2 aromatic heterocycles. The molecule has 1 unspecified atom stereocenters. The van der Waals surface area contributed by atoms with Crippen LogP contribution in [0.25, 0.3) is 0 Å². The molecule has 80 valence electrons. The molecule has 2 rings (SSSR count). The van der Waals surface area contributed by atoms with Crippen LogP contribution in [0.3, 0.4) is 0 Å². The van der Waals surface area contributed by atoms with Crippen molar-refractivity contribution in [2.45, 2.75) is 10.1 Å². The summed E-state index contributed by atoms with van der Waals surface area (Å²) in [5, 5.41) is 6.57. The van der Waals surface area contributed by atoms with E-state index in [0.29, 0.717) is 11.8 Å². The molecule has 0 fully saturated rings. The summed E-state index contributed by atoms with van der Waals surface area (Å²) in [5.74, 6) is 0. The van der Waals surface area contributed by atoms with Gasteiger partial charge in [-0.2, -0.15) is 5.10 Å². The van der Waals surface area contributed by atoms with E-state index in [1.807, 2.05) is 24.1 Å². The highest BCUT2D eigenvalue weighted by Crippen LogP contribution is 2.36. The van der Waals surface area contributed by atoms with E-state index in [1.54, 1.807) is 23.1 Å². The van der Waals surface area contributed by atoms with Gasteiger partial charge in [0.2, 0.25) is 0 Å². The lowest BCUT2D eigenvalue weighted by molar-refractivity contribution is 0.766. The van der Waals surface area contributed by atoms with Gasteiger partial charge in [-0.3, -0.25) is 4.68 Å². The van der Waals surface area contributed by atoms with Crippen LogP contribution in [0.15, 0.2) is 34.8 Å². The van der Waals surface area contributed by atoms with E-state index >= 15 is 0 Å². The molecule has 5 heteroatoms. The van der Waals surface area contributed by atoms with Gasteiger partial charge in [0, 0.05) is 29.6 Å². The zero-order valence-corrected chi connectivity index (χ0v) is 10.1. The van der Waals surface area contributed by atoms with Crippen molar-refractivity contribution in [1.82, 2.24) is 9.78 Å². The maximum Gasteiger partial charge on any atom is 0.0626 e. The Hall–Kier alpha value is -0.780. The number of thiophene rings is 1. The highest BCUT2D eigenvalue weighted by atomic mass is 32.2. The fourth-order valence-electron chi connectivity index (χ4n) is 1.32. The molecule has 0 aromatic carbocycles. The Morgan fingerprint density at radius 1 is 1.67 bits per heavy atom. The third-order valence-corrected chi connectivity index (χ3v) is 4.38. The predicted molar refractivity (Wildman–Crippen MR) is 65.2 cm³/mol. The number of nitrogens with zero attached hydrogens (tertiary/aromatic N) is 2. The molecule has 3 nitrogen and oxygen atoms in total. The average molecular weight is 239 g/mol. The molecule has 0 bridgehead atoms. The van der Waals surface area contributed by atoms with E-state index < -0.39 is 0 Å². The minimum Gasteiger partial charge on any atom is -0.329 e. The normalized spacial score (nSPS) is 12.9. The minimum atomic E-state index is 0.342. The van der Waals surface area contributed by atoms with E-state index in [0.717, 1.165) is 0 Å². The van der Waals surface area contributed by atoms with Crippen LogP contribution >= 0.6 is 23.1 Å². The van der Waals surface area contributed by atoms with Crippen LogP contribution in [-0.2, 0) is 7.05 Å². The molecule has 2 N–H and O–H groups in total. The lowest BCUT2D eigenvalue weighted by atomic mass is 10.3. The van der Waals surface area contributed by atoms with Gasteiger partial charge in [0.05, 0.1) is 11.4 Å². The van der Waals surface area contributed by atoms with Crippen molar-refractivity contribution in [2.24, 2.45) is 12.8 Å². The van der Waals surface area contributed by atoms with Crippen molar-refractivity contribution >= 4 is 23.1 Å². The zero-order chi connectivity index (χ0) is 10.7. The molecule has 0 amide bonds. The molecule has 0 aliphatic heterocycles. The van der Waals surface area contributed by atoms with Gasteiger partial charge >= 0.3 is 0 Å². The zero-order valence-electron chi connectivity index (χ0n) is 8.46. The average Bonchev–Trinajstić information content (AvgIpc) is 2.85. The first kappa shape index (κ1) is 10.7. The Labute approximate surface area is 97.3 Å². The Kier molecular flexibility index (Phi) is 3.45. The first-order valence-corrected chi connectivity index (χ1v) is 6.44. The van der Waals surface area contributed by atoms with E-state index in [1.165, 1.54) is 9.77 Å². The number of nitrogens with two attached hydrogens (primary N) is 1. The van der Waals surface area contributed by atoms with Crippen molar-refractivity contribution in [3.05, 3.63) is 34.8 Å². The number of hydrogen-bond donors (Lipinski definition) is 1. The Bertz CT molecular complexity index is 408. The SMILES string of the molecule is Cn1cc(SC(CN)c2cccs2)cn1. The quantitative estimate of drug-likeness (QED) is 0.832. The van der Waals surface area contributed by atoms with Gasteiger partial charge in [-0.25, -0.2) is 0 Å². The molecule has 0 saturated heterocycles. The van der Waals surface area contributed by atoms with E-state index in [4.69, 9.17) is 5.73 Å². The summed E-state index contributed by atoms with van der Waals surface area (Å²) in [6.45, 7) is 0.653. The lowest BCUT2D eigenvalue weighted by Gasteiger charge is -2.10. The van der Waals surface area contributed by atoms with Crippen molar-refractivity contribution < 1.29 is 0 Å². The van der Waals surface area contributed by atoms with Gasteiger partial charge in [0.15, 0.2) is 0 Å². The Morgan fingerprint density at radius 2 is 2.53 bits per heavy atom. The smallest absolute Gasteiger partial charge is 0.0626 e. The molecule has 0 saturated carbocycles. The summed E-state index contributed by atoms with van der Waals surface area (Å²) in [6, 6.07) is 4.19. The number of thioether (sulfide) groups is 1. The van der Waals surface area contributed by atoms with Gasteiger partial charge in [0.25, 0.3) is 0 Å². The number of rotatable bonds is 4. The van der Waals surface area contributed by atoms with Crippen LogP contribution in [0.4, 0.5) is 0 Å². The fourth-order valence-corrected chi connectivity index (χ4v) is 3.29. The first-order chi connectivity index (χ1) is 7.29. The van der Waals surface area contributed by atoms with Gasteiger partial charge < -0.3 is 5.73 Å². The predicted octanol–water partition coefficient (Wildman–Crippen LogP) is 2.27. The van der Waals surface area contributed by atoms with E-state index in [-0.39, 0.29) is 0 Å². The van der Waals surface area contributed by atoms with E-state index in [2.05, 4.69) is 22.6 Å². The lowest BCUT2D eigenvalue weighted by Crippen LogP contribution is -2.07. The molecule has 0 spiro atoms. The van der Waals surface area contributed by atoms with Crippen molar-refractivity contribution in [1.29, 1.82) is 0 Å². The third-order valence-electron chi connectivity index (χ3n) is 2.03. The highest BCUT2D eigenvalue weighted by Gasteiger charge is 2.12. The molecule has 0 aliphatic rings. The molecule has 0 radical (unpaired) electrons. The first-order valence-electron chi connectivity index (χ1n) is 4.68. The fraction of sp³-hybridized carbons (Fsp3) is 0.300. The highest BCUT2D eigenvalue weighted by molar-refractivity contribution is 7.99. The molecule has 2 heterocycles. The standard InChI is InChI=1S/C10H13N3S2/c1-13-7-8(6-12-13)15-10(5-11)9-3-2-4-14-9/h2-4,6-7,10H,5,11H2,1H3. The number of hydrogen-bond acceptors (Lipinski definition) is 4. The molecular formula is C10H13N3S2. The summed E-state index contributed by atoms with van der Waals surface area (Å²) in [7, 11) is 1.92. The van der Waals surface area contributed by atoms with Crippen LogP contribution in [0.5, 0.6) is 0 Å². The molecule has 1 atom stereocenters. The Morgan fingerprint density at radius 3 is 3.07 bits per heavy atom. The molecular weight excluding hydrogens is 226 g/mol. The van der Waals surface area contributed by atoms with Crippen molar-refractivity contribution in [2.75, 3.05) is 6.54 Å². The maximum absolute atomic E-state index is 5.78. The second-order valence-corrected chi connectivity index (χ2v) is 5.46. The van der Waals surface area contributed by atoms with Gasteiger partial charge in [-0.05, 0) is 11.4 Å². The summed E-state index contributed by atoms with van der Waals surface area (Å²) in [4.78, 5) is 2.49. The van der Waals surface area contributed by atoms with Gasteiger partial charge in [-0.15, -0.1) is 23.1 Å². The molecule has 0 aliphatic carbocycles. The number of aromatic nitrogens is 2. The van der Waals surface area contributed by atoms with Gasteiger partial charge in [0.1, 0.15) is 0 Å². The summed E-state index contributed by atoms with van der Waals surface area (Å²) < 4.78 is 1.81. The summed E-state index contributed by atoms with van der Waals surface area (Å²) >= 11 is 3.52. The Balaban J connectivity index is 2.09. The minimum absolute atomic E-state index is 0.342. The third kappa shape index (κ3) is 2.62. The van der Waals surface area contributed by atoms with Crippen LogP contribution in [-0.4, -0.2) is 16.3 Å². The van der Waals surface area contributed by atoms with Crippen molar-refractivity contribution in [3.63, 3.8) is 0 Å². The van der Waals surface area contributed by atoms with E-state index in [9.17, 15) is 0 Å². The summed E-state index contributed by atoms with van der Waals surface area (Å²) in [5.41, 5.74) is 5.78. The van der Waals surface area contributed by atoms with Crippen LogP contribution in [0, 0.1) is 0 Å². The molecule has 15 heavy (non-hydrogen) atoms. The monoisotopic (exact) mass is 239 g/mol. The maximum atomic E-state index is 5.78. The summed E-state index contributed by atoms with van der Waals surface area (Å²) in [6.07, 6.45) is 3.89. The topological polar surface area (TPSA) is 43.8 Å². The largest absolute Gasteiger partial charge is 0.329 e. The molecule has 2 aromatic rings. The van der Waals surface area contributed by atoms with Crippen LogP contribution < -0.4 is 5.73 Å². The second kappa shape index (κ2) is 4.83. The van der Waals surface area contributed by atoms with Crippen molar-refractivity contribution in [3.8, 4) is 0 Å². The second-order valence-electron chi connectivity index (χ2n) is 3.21.